The van der Waals surface area contributed by atoms with Gasteiger partial charge in [-0.2, -0.15) is 0 Å². The van der Waals surface area contributed by atoms with E-state index in [-0.39, 0.29) is 23.1 Å². The molecule has 220 valence electrons. The topological polar surface area (TPSA) is 69.7 Å². The second kappa shape index (κ2) is 12.1. The zero-order valence-corrected chi connectivity index (χ0v) is 25.6. The zero-order chi connectivity index (χ0) is 30.0. The first kappa shape index (κ1) is 29.6. The van der Waals surface area contributed by atoms with Crippen molar-refractivity contribution in [2.45, 2.75) is 78.3 Å². The molecule has 2 saturated heterocycles. The van der Waals surface area contributed by atoms with E-state index < -0.39 is 12.0 Å². The van der Waals surface area contributed by atoms with Crippen LogP contribution in [0, 0.1) is 19.8 Å². The molecule has 2 fully saturated rings. The fourth-order valence-corrected chi connectivity index (χ4v) is 6.42. The van der Waals surface area contributed by atoms with Crippen LogP contribution in [0.25, 0.3) is 0 Å². The Morgan fingerprint density at radius 1 is 0.905 bits per heavy atom. The van der Waals surface area contributed by atoms with Gasteiger partial charge in [-0.25, -0.2) is 0 Å². The maximum atomic E-state index is 14.2. The monoisotopic (exact) mass is 565 g/mol. The largest absolute Gasteiger partial charge is 0.338 e. The van der Waals surface area contributed by atoms with Gasteiger partial charge < -0.3 is 15.1 Å². The maximum absolute atomic E-state index is 14.2. The molecular weight excluding hydrogens is 522 g/mol. The molecule has 0 aliphatic carbocycles. The van der Waals surface area contributed by atoms with Crippen LogP contribution < -0.4 is 5.32 Å². The van der Waals surface area contributed by atoms with Gasteiger partial charge >= 0.3 is 0 Å². The summed E-state index contributed by atoms with van der Waals surface area (Å²) in [6.45, 7) is 12.4. The number of benzene rings is 3. The number of amides is 3. The Bertz CT molecular complexity index is 1450. The minimum atomic E-state index is -0.406. The van der Waals surface area contributed by atoms with Crippen LogP contribution in [0.5, 0.6) is 0 Å². The Balaban J connectivity index is 1.47. The molecular formula is C36H43N3O3. The Hall–Kier alpha value is -3.93. The van der Waals surface area contributed by atoms with Crippen molar-refractivity contribution in [3.63, 3.8) is 0 Å². The molecule has 0 radical (unpaired) electrons. The lowest BCUT2D eigenvalue weighted by Crippen LogP contribution is -2.46. The Labute approximate surface area is 250 Å². The van der Waals surface area contributed by atoms with Gasteiger partial charge in [-0.15, -0.1) is 0 Å². The summed E-state index contributed by atoms with van der Waals surface area (Å²) in [5.41, 5.74) is 6.47. The van der Waals surface area contributed by atoms with Crippen molar-refractivity contribution < 1.29 is 14.4 Å². The Morgan fingerprint density at radius 2 is 1.60 bits per heavy atom. The summed E-state index contributed by atoms with van der Waals surface area (Å²) in [5.74, 6) is -0.313. The molecule has 0 unspecified atom stereocenters. The van der Waals surface area contributed by atoms with Crippen LogP contribution in [-0.4, -0.2) is 40.6 Å². The van der Waals surface area contributed by atoms with Gasteiger partial charge in [0.05, 0.1) is 12.0 Å². The predicted octanol–water partition coefficient (Wildman–Crippen LogP) is 6.96. The van der Waals surface area contributed by atoms with Crippen LogP contribution >= 0.6 is 0 Å². The summed E-state index contributed by atoms with van der Waals surface area (Å²) in [6.07, 6.45) is 2.97. The predicted molar refractivity (Wildman–Crippen MR) is 167 cm³/mol. The third-order valence-corrected chi connectivity index (χ3v) is 8.79. The smallest absolute Gasteiger partial charge is 0.254 e. The molecule has 42 heavy (non-hydrogen) atoms. The van der Waals surface area contributed by atoms with Crippen LogP contribution in [-0.2, 0) is 21.5 Å². The van der Waals surface area contributed by atoms with Crippen LogP contribution in [0.2, 0.25) is 0 Å². The number of aryl methyl sites for hydroxylation is 2. The number of rotatable bonds is 6. The minimum absolute atomic E-state index is 0.0328. The first-order chi connectivity index (χ1) is 20.0. The van der Waals surface area contributed by atoms with Crippen molar-refractivity contribution in [1.29, 1.82) is 0 Å². The van der Waals surface area contributed by atoms with E-state index in [2.05, 4.69) is 32.2 Å². The number of anilines is 1. The average Bonchev–Trinajstić information content (AvgIpc) is 3.36. The number of nitrogens with one attached hydrogen (secondary N) is 1. The minimum Gasteiger partial charge on any atom is -0.338 e. The quantitative estimate of drug-likeness (QED) is 0.351. The van der Waals surface area contributed by atoms with E-state index in [0.717, 1.165) is 52.9 Å². The normalized spacial score (nSPS) is 19.2. The molecule has 0 aromatic heterocycles. The molecule has 5 rings (SSSR count). The maximum Gasteiger partial charge on any atom is 0.254 e. The lowest BCUT2D eigenvalue weighted by Gasteiger charge is -2.41. The third-order valence-electron chi connectivity index (χ3n) is 8.79. The average molecular weight is 566 g/mol. The van der Waals surface area contributed by atoms with E-state index in [1.807, 2.05) is 84.3 Å². The lowest BCUT2D eigenvalue weighted by molar-refractivity contribution is -0.128. The highest BCUT2D eigenvalue weighted by molar-refractivity contribution is 5.99. The molecule has 2 atom stereocenters. The van der Waals surface area contributed by atoms with Gasteiger partial charge in [0.15, 0.2) is 0 Å². The van der Waals surface area contributed by atoms with E-state index in [1.54, 1.807) is 0 Å². The van der Waals surface area contributed by atoms with E-state index in [4.69, 9.17) is 0 Å². The second-order valence-corrected chi connectivity index (χ2v) is 12.9. The van der Waals surface area contributed by atoms with Gasteiger partial charge in [-0.05, 0) is 78.5 Å². The van der Waals surface area contributed by atoms with Crippen molar-refractivity contribution in [3.8, 4) is 0 Å². The van der Waals surface area contributed by atoms with Crippen molar-refractivity contribution >= 4 is 23.4 Å². The van der Waals surface area contributed by atoms with Gasteiger partial charge in [0.1, 0.15) is 0 Å². The van der Waals surface area contributed by atoms with Gasteiger partial charge in [0.2, 0.25) is 11.8 Å². The SMILES string of the molecule is Cc1cccc(C)c1C(=O)N1CCC[C@H](C(=O)Nc2cccc(C(C)(C)C)c2)[C@@H]1c1ccc(CN2CCCC2=O)cc1. The highest BCUT2D eigenvalue weighted by Gasteiger charge is 2.40. The van der Waals surface area contributed by atoms with E-state index >= 15 is 0 Å². The summed E-state index contributed by atoms with van der Waals surface area (Å²) in [5, 5.41) is 3.19. The number of piperidine rings is 1. The fourth-order valence-electron chi connectivity index (χ4n) is 6.42. The number of nitrogens with zero attached hydrogens (tertiary/aromatic N) is 2. The van der Waals surface area contributed by atoms with Gasteiger partial charge in [-0.3, -0.25) is 14.4 Å². The summed E-state index contributed by atoms with van der Waals surface area (Å²) < 4.78 is 0. The second-order valence-electron chi connectivity index (χ2n) is 12.9. The van der Waals surface area contributed by atoms with Crippen molar-refractivity contribution in [2.24, 2.45) is 5.92 Å². The van der Waals surface area contributed by atoms with E-state index in [9.17, 15) is 14.4 Å². The summed E-state index contributed by atoms with van der Waals surface area (Å²) in [7, 11) is 0. The van der Waals surface area contributed by atoms with Crippen molar-refractivity contribution in [3.05, 3.63) is 100 Å². The van der Waals surface area contributed by atoms with Gasteiger partial charge in [0, 0.05) is 37.3 Å². The van der Waals surface area contributed by atoms with Crippen LogP contribution in [0.4, 0.5) is 5.69 Å². The first-order valence-electron chi connectivity index (χ1n) is 15.2. The number of likely N-dealkylation sites (tertiary alicyclic amines) is 2. The first-order valence-corrected chi connectivity index (χ1v) is 15.2. The molecule has 6 nitrogen and oxygen atoms in total. The molecule has 0 spiro atoms. The Morgan fingerprint density at radius 3 is 2.24 bits per heavy atom. The standard InChI is InChI=1S/C36H43N3O3/c1-24-10-6-11-25(2)32(24)35(42)39-21-8-14-30(34(41)37-29-13-7-12-28(22-29)36(3,4)5)33(39)27-18-16-26(17-19-27)23-38-20-9-15-31(38)40/h6-7,10-13,16-19,22,30,33H,8-9,14-15,20-21,23H2,1-5H3,(H,37,41)/t30-,33-/m0/s1. The van der Waals surface area contributed by atoms with Gasteiger partial charge in [-0.1, -0.05) is 75.4 Å². The molecule has 3 amide bonds. The number of carbonyl (C=O) groups is 3. The van der Waals surface area contributed by atoms with Crippen molar-refractivity contribution in [2.75, 3.05) is 18.4 Å². The van der Waals surface area contributed by atoms with Crippen LogP contribution in [0.3, 0.4) is 0 Å². The van der Waals surface area contributed by atoms with E-state index in [1.165, 1.54) is 0 Å². The molecule has 6 heteroatoms. The molecule has 3 aromatic rings. The zero-order valence-electron chi connectivity index (χ0n) is 25.6. The van der Waals surface area contributed by atoms with E-state index in [0.29, 0.717) is 31.5 Å². The number of carbonyl (C=O) groups excluding carboxylic acids is 3. The fraction of sp³-hybridized carbons (Fsp3) is 0.417. The van der Waals surface area contributed by atoms with Crippen molar-refractivity contribution in [1.82, 2.24) is 9.80 Å². The summed E-state index contributed by atoms with van der Waals surface area (Å²) in [6, 6.07) is 21.7. The number of hydrogen-bond donors (Lipinski definition) is 1. The molecule has 2 aliphatic rings. The number of hydrogen-bond acceptors (Lipinski definition) is 3. The van der Waals surface area contributed by atoms with Crippen LogP contribution in [0.1, 0.15) is 90.7 Å². The van der Waals surface area contributed by atoms with Crippen LogP contribution in [0.15, 0.2) is 66.7 Å². The highest BCUT2D eigenvalue weighted by atomic mass is 16.2. The third kappa shape index (κ3) is 6.28. The summed E-state index contributed by atoms with van der Waals surface area (Å²) >= 11 is 0. The molecule has 3 aromatic carbocycles. The molecule has 2 heterocycles. The lowest BCUT2D eigenvalue weighted by atomic mass is 9.82. The summed E-state index contributed by atoms with van der Waals surface area (Å²) in [4.78, 5) is 44.2. The molecule has 2 aliphatic heterocycles. The van der Waals surface area contributed by atoms with Gasteiger partial charge in [0.25, 0.3) is 5.91 Å². The molecule has 0 saturated carbocycles. The highest BCUT2D eigenvalue weighted by Crippen LogP contribution is 2.39. The molecule has 1 N–H and O–H groups in total. The Kier molecular flexibility index (Phi) is 8.53. The molecule has 0 bridgehead atoms.